The molecule has 3 nitrogen and oxygen atoms in total. The van der Waals surface area contributed by atoms with Gasteiger partial charge in [0, 0.05) is 33.2 Å². The Kier molecular flexibility index (Phi) is 7.91. The van der Waals surface area contributed by atoms with E-state index in [-0.39, 0.29) is 0 Å². The van der Waals surface area contributed by atoms with E-state index in [9.17, 15) is 0 Å². The van der Waals surface area contributed by atoms with Crippen molar-refractivity contribution in [2.24, 2.45) is 0 Å². The first-order valence-corrected chi connectivity index (χ1v) is 21.6. The van der Waals surface area contributed by atoms with Gasteiger partial charge >= 0.3 is 0 Å². The molecule has 13 aromatic rings. The first-order chi connectivity index (χ1) is 31.2. The summed E-state index contributed by atoms with van der Waals surface area (Å²) in [4.78, 5) is 10.8. The number of fused-ring (bicyclic) bond motifs is 12. The Balaban J connectivity index is 1.11. The van der Waals surface area contributed by atoms with Gasteiger partial charge < -0.3 is 4.57 Å². The van der Waals surface area contributed by atoms with Crippen molar-refractivity contribution in [2.75, 3.05) is 0 Å². The van der Waals surface area contributed by atoms with Crippen molar-refractivity contribution in [3.63, 3.8) is 0 Å². The van der Waals surface area contributed by atoms with Crippen LogP contribution in [0.4, 0.5) is 0 Å². The van der Waals surface area contributed by atoms with Crippen LogP contribution in [0.5, 0.6) is 0 Å². The van der Waals surface area contributed by atoms with E-state index in [4.69, 9.17) is 9.97 Å². The van der Waals surface area contributed by atoms with Crippen LogP contribution < -0.4 is 0 Å². The van der Waals surface area contributed by atoms with Gasteiger partial charge in [-0.3, -0.25) is 0 Å². The Labute approximate surface area is 363 Å². The lowest BCUT2D eigenvalue weighted by molar-refractivity contribution is 1.17. The van der Waals surface area contributed by atoms with Crippen LogP contribution in [0.1, 0.15) is 0 Å². The molecular formula is C60H37N3. The summed E-state index contributed by atoms with van der Waals surface area (Å²) < 4.78 is 2.42. The summed E-state index contributed by atoms with van der Waals surface area (Å²) in [5, 5.41) is 14.8. The summed E-state index contributed by atoms with van der Waals surface area (Å²) in [6.45, 7) is 0. The predicted octanol–water partition coefficient (Wildman–Crippen LogP) is 16.0. The van der Waals surface area contributed by atoms with Gasteiger partial charge in [0.2, 0.25) is 0 Å². The van der Waals surface area contributed by atoms with Gasteiger partial charge in [-0.15, -0.1) is 0 Å². The summed E-state index contributed by atoms with van der Waals surface area (Å²) in [6, 6.07) is 81.2. The van der Waals surface area contributed by atoms with E-state index in [2.05, 4.69) is 223 Å². The molecule has 0 aliphatic heterocycles. The minimum Gasteiger partial charge on any atom is -0.309 e. The Morgan fingerprint density at radius 2 is 0.762 bits per heavy atom. The van der Waals surface area contributed by atoms with E-state index < -0.39 is 0 Å². The molecule has 0 radical (unpaired) electrons. The lowest BCUT2D eigenvalue weighted by Crippen LogP contribution is -1.99. The average molecular weight is 800 g/mol. The van der Waals surface area contributed by atoms with Gasteiger partial charge in [0.1, 0.15) is 0 Å². The number of nitrogens with zero attached hydrogens (tertiary/aromatic N) is 3. The van der Waals surface area contributed by atoms with E-state index in [1.54, 1.807) is 0 Å². The molecule has 0 unspecified atom stereocenters. The van der Waals surface area contributed by atoms with Crippen LogP contribution in [-0.2, 0) is 0 Å². The largest absolute Gasteiger partial charge is 0.309 e. The van der Waals surface area contributed by atoms with E-state index in [1.807, 2.05) is 6.07 Å². The molecule has 0 atom stereocenters. The van der Waals surface area contributed by atoms with Crippen molar-refractivity contribution in [3.05, 3.63) is 224 Å². The number of rotatable bonds is 5. The van der Waals surface area contributed by atoms with E-state index in [0.29, 0.717) is 5.82 Å². The van der Waals surface area contributed by atoms with Gasteiger partial charge in [-0.1, -0.05) is 176 Å². The van der Waals surface area contributed by atoms with E-state index in [1.165, 1.54) is 59.2 Å². The van der Waals surface area contributed by atoms with Crippen LogP contribution in [0.2, 0.25) is 0 Å². The summed E-state index contributed by atoms with van der Waals surface area (Å²) in [6.07, 6.45) is 0. The lowest BCUT2D eigenvalue weighted by Gasteiger charge is -2.16. The van der Waals surface area contributed by atoms with Crippen molar-refractivity contribution >= 4 is 75.7 Å². The molecule has 0 saturated heterocycles. The maximum absolute atomic E-state index is 5.43. The van der Waals surface area contributed by atoms with Crippen molar-refractivity contribution in [1.29, 1.82) is 0 Å². The van der Waals surface area contributed by atoms with Crippen LogP contribution in [0.25, 0.3) is 126 Å². The molecule has 0 fully saturated rings. The van der Waals surface area contributed by atoms with Gasteiger partial charge in [-0.25, -0.2) is 9.97 Å². The molecule has 2 aromatic heterocycles. The fourth-order valence-electron chi connectivity index (χ4n) is 10.1. The van der Waals surface area contributed by atoms with Gasteiger partial charge in [0.15, 0.2) is 5.82 Å². The molecule has 0 spiro atoms. The maximum Gasteiger partial charge on any atom is 0.160 e. The smallest absolute Gasteiger partial charge is 0.160 e. The topological polar surface area (TPSA) is 30.7 Å². The number of aromatic nitrogens is 3. The molecule has 0 saturated carbocycles. The minimum atomic E-state index is 0.688. The molecule has 0 bridgehead atoms. The SMILES string of the molecule is c1ccc(-c2nc(-c3cc(-c4ccc5c6ccccc6c6ccccc6c5c4)cc(-n4c5ccccc5c5ccccc54)c3)cc(-c3cc4ccccc4c4ccccc34)n2)cc1. The molecular weight excluding hydrogens is 763 g/mol. The monoisotopic (exact) mass is 799 g/mol. The first-order valence-electron chi connectivity index (χ1n) is 21.6. The highest BCUT2D eigenvalue weighted by Crippen LogP contribution is 2.41. The standard InChI is InChI=1S/C60H37N3/c1-2-16-38(17-3-1)60-61-56(37-57(62-60)55-36-40-18-4-5-19-44(40)45-20-6-11-25-50(45)55)42-32-41(33-43(34-42)63-58-28-14-12-26-52(58)53-27-13-15-29-59(53)63)39-30-31-51-48-23-8-7-21-46(48)47-22-9-10-24-49(47)54(51)35-39/h1-37H. The fourth-order valence-corrected chi connectivity index (χ4v) is 10.1. The number of benzene rings is 11. The molecule has 0 aliphatic carbocycles. The first kappa shape index (κ1) is 35.4. The van der Waals surface area contributed by atoms with E-state index in [0.717, 1.165) is 61.3 Å². The minimum absolute atomic E-state index is 0.688. The van der Waals surface area contributed by atoms with Crippen LogP contribution in [0.15, 0.2) is 224 Å². The lowest BCUT2D eigenvalue weighted by atomic mass is 9.91. The molecule has 3 heteroatoms. The molecule has 2 heterocycles. The zero-order valence-electron chi connectivity index (χ0n) is 34.2. The Hall–Kier alpha value is -8.40. The van der Waals surface area contributed by atoms with Crippen LogP contribution in [-0.4, -0.2) is 14.5 Å². The van der Waals surface area contributed by atoms with Gasteiger partial charge in [-0.05, 0) is 114 Å². The summed E-state index contributed by atoms with van der Waals surface area (Å²) >= 11 is 0. The number of para-hydroxylation sites is 2. The summed E-state index contributed by atoms with van der Waals surface area (Å²) in [7, 11) is 0. The zero-order chi connectivity index (χ0) is 41.4. The molecule has 13 rings (SSSR count). The number of hydrogen-bond acceptors (Lipinski definition) is 2. The second-order valence-corrected chi connectivity index (χ2v) is 16.5. The van der Waals surface area contributed by atoms with Crippen molar-refractivity contribution in [1.82, 2.24) is 14.5 Å². The highest BCUT2D eigenvalue weighted by atomic mass is 15.0. The maximum atomic E-state index is 5.43. The quantitative estimate of drug-likeness (QED) is 0.162. The Bertz CT molecular complexity index is 3890. The normalized spacial score (nSPS) is 11.8. The molecule has 292 valence electrons. The summed E-state index contributed by atoms with van der Waals surface area (Å²) in [5.41, 5.74) is 10.5. The highest BCUT2D eigenvalue weighted by Gasteiger charge is 2.19. The third kappa shape index (κ3) is 5.67. The van der Waals surface area contributed by atoms with Gasteiger partial charge in [0.05, 0.1) is 22.4 Å². The molecule has 63 heavy (non-hydrogen) atoms. The van der Waals surface area contributed by atoms with E-state index >= 15 is 0 Å². The fraction of sp³-hybridized carbons (Fsp3) is 0. The van der Waals surface area contributed by atoms with Crippen LogP contribution >= 0.6 is 0 Å². The van der Waals surface area contributed by atoms with Gasteiger partial charge in [0.25, 0.3) is 0 Å². The summed E-state index contributed by atoms with van der Waals surface area (Å²) in [5.74, 6) is 0.688. The third-order valence-corrected chi connectivity index (χ3v) is 12.9. The molecule has 0 amide bonds. The highest BCUT2D eigenvalue weighted by molar-refractivity contribution is 6.26. The second kappa shape index (κ2) is 14.1. The zero-order valence-corrected chi connectivity index (χ0v) is 34.2. The predicted molar refractivity (Wildman–Crippen MR) is 266 cm³/mol. The van der Waals surface area contributed by atoms with Crippen LogP contribution in [0, 0.1) is 0 Å². The third-order valence-electron chi connectivity index (χ3n) is 12.9. The molecule has 0 N–H and O–H groups in total. The van der Waals surface area contributed by atoms with Crippen LogP contribution in [0.3, 0.4) is 0 Å². The van der Waals surface area contributed by atoms with Crippen molar-refractivity contribution < 1.29 is 0 Å². The average Bonchev–Trinajstić information content (AvgIpc) is 3.70. The van der Waals surface area contributed by atoms with Crippen molar-refractivity contribution in [3.8, 4) is 50.7 Å². The Morgan fingerprint density at radius 3 is 1.43 bits per heavy atom. The molecule has 0 aliphatic rings. The van der Waals surface area contributed by atoms with Crippen molar-refractivity contribution in [2.45, 2.75) is 0 Å². The van der Waals surface area contributed by atoms with Gasteiger partial charge in [-0.2, -0.15) is 0 Å². The molecule has 11 aromatic carbocycles. The second-order valence-electron chi connectivity index (χ2n) is 16.5. The number of hydrogen-bond donors (Lipinski definition) is 0. The Morgan fingerprint density at radius 1 is 0.270 bits per heavy atom.